The highest BCUT2D eigenvalue weighted by Gasteiger charge is 2.52. The Kier molecular flexibility index (Phi) is 2.77. The zero-order valence-corrected chi connectivity index (χ0v) is 12.7. The first-order valence-electron chi connectivity index (χ1n) is 8.56. The summed E-state index contributed by atoms with van der Waals surface area (Å²) in [5, 5.41) is 0. The molecule has 0 aromatic carbocycles. The highest BCUT2D eigenvalue weighted by molar-refractivity contribution is 5.78. The Morgan fingerprint density at radius 3 is 2.05 bits per heavy atom. The molecule has 2 N–H and O–H groups in total. The van der Waals surface area contributed by atoms with Crippen LogP contribution in [0.5, 0.6) is 0 Å². The van der Waals surface area contributed by atoms with E-state index in [0.29, 0.717) is 11.3 Å². The lowest BCUT2D eigenvalue weighted by Gasteiger charge is -2.57. The smallest absolute Gasteiger partial charge is 0.223 e. The minimum atomic E-state index is -0.0862. The third kappa shape index (κ3) is 2.01. The van der Waals surface area contributed by atoms with E-state index in [0.717, 1.165) is 43.7 Å². The number of rotatable bonds is 3. The van der Waals surface area contributed by atoms with Gasteiger partial charge < -0.3 is 10.6 Å². The van der Waals surface area contributed by atoms with Crippen LogP contribution in [-0.2, 0) is 4.79 Å². The largest absolute Gasteiger partial charge is 0.339 e. The third-order valence-electron chi connectivity index (χ3n) is 6.76. The lowest BCUT2D eigenvalue weighted by Crippen LogP contribution is -2.68. The predicted molar refractivity (Wildman–Crippen MR) is 79.0 cm³/mol. The quantitative estimate of drug-likeness (QED) is 0.861. The van der Waals surface area contributed by atoms with Crippen LogP contribution in [0.1, 0.15) is 58.3 Å². The van der Waals surface area contributed by atoms with E-state index < -0.39 is 0 Å². The van der Waals surface area contributed by atoms with Crippen molar-refractivity contribution in [3.8, 4) is 0 Å². The van der Waals surface area contributed by atoms with Gasteiger partial charge in [0.2, 0.25) is 5.91 Å². The summed E-state index contributed by atoms with van der Waals surface area (Å²) in [6, 6.07) is 0. The van der Waals surface area contributed by atoms with E-state index in [4.69, 9.17) is 5.73 Å². The van der Waals surface area contributed by atoms with E-state index in [1.54, 1.807) is 0 Å². The van der Waals surface area contributed by atoms with Crippen molar-refractivity contribution < 1.29 is 4.79 Å². The molecule has 3 heteroatoms. The molecular weight excluding hydrogens is 248 g/mol. The first-order chi connectivity index (χ1) is 9.49. The minimum Gasteiger partial charge on any atom is -0.339 e. The number of nitrogens with zero attached hydrogens (tertiary/aromatic N) is 1. The molecule has 5 rings (SSSR count). The van der Waals surface area contributed by atoms with Gasteiger partial charge in [-0.3, -0.25) is 4.79 Å². The van der Waals surface area contributed by atoms with Crippen LogP contribution in [0, 0.1) is 23.2 Å². The van der Waals surface area contributed by atoms with Crippen molar-refractivity contribution in [2.24, 2.45) is 28.9 Å². The number of carbonyl (C=O) groups excluding carboxylic acids is 1. The van der Waals surface area contributed by atoms with Crippen LogP contribution in [0.2, 0.25) is 0 Å². The van der Waals surface area contributed by atoms with Gasteiger partial charge >= 0.3 is 0 Å². The molecule has 0 radical (unpaired) electrons. The van der Waals surface area contributed by atoms with Crippen molar-refractivity contribution in [1.29, 1.82) is 0 Å². The van der Waals surface area contributed by atoms with Gasteiger partial charge in [0.1, 0.15) is 0 Å². The molecule has 112 valence electrons. The van der Waals surface area contributed by atoms with Crippen LogP contribution in [0.4, 0.5) is 0 Å². The Hall–Kier alpha value is -0.570. The number of likely N-dealkylation sites (tertiary alicyclic amines) is 1. The molecule has 5 fully saturated rings. The van der Waals surface area contributed by atoms with Gasteiger partial charge in [0.15, 0.2) is 0 Å². The van der Waals surface area contributed by atoms with Gasteiger partial charge in [0.05, 0.1) is 5.54 Å². The molecular formula is C17H28N2O. The van der Waals surface area contributed by atoms with Gasteiger partial charge in [0, 0.05) is 19.5 Å². The van der Waals surface area contributed by atoms with Gasteiger partial charge in [-0.1, -0.05) is 6.92 Å². The highest BCUT2D eigenvalue weighted by Crippen LogP contribution is 2.61. The second-order valence-electron chi connectivity index (χ2n) is 8.56. The summed E-state index contributed by atoms with van der Waals surface area (Å²) in [5.74, 6) is 3.21. The van der Waals surface area contributed by atoms with Gasteiger partial charge in [0.25, 0.3) is 0 Å². The van der Waals surface area contributed by atoms with Crippen molar-refractivity contribution >= 4 is 5.91 Å². The summed E-state index contributed by atoms with van der Waals surface area (Å²) in [6.45, 7) is 3.70. The average molecular weight is 276 g/mol. The monoisotopic (exact) mass is 276 g/mol. The molecule has 1 heterocycles. The molecule has 1 aliphatic heterocycles. The molecule has 0 spiro atoms. The maximum absolute atomic E-state index is 12.6. The molecule has 3 nitrogen and oxygen atoms in total. The molecule has 0 aromatic rings. The number of carbonyl (C=O) groups is 1. The fraction of sp³-hybridized carbons (Fsp3) is 0.941. The van der Waals surface area contributed by atoms with E-state index in [9.17, 15) is 4.79 Å². The summed E-state index contributed by atoms with van der Waals surface area (Å²) in [4.78, 5) is 14.6. The van der Waals surface area contributed by atoms with E-state index >= 15 is 0 Å². The maximum atomic E-state index is 12.6. The Labute approximate surface area is 122 Å². The van der Waals surface area contributed by atoms with Gasteiger partial charge in [-0.15, -0.1) is 0 Å². The topological polar surface area (TPSA) is 46.3 Å². The third-order valence-corrected chi connectivity index (χ3v) is 6.76. The van der Waals surface area contributed by atoms with Gasteiger partial charge in [-0.2, -0.15) is 0 Å². The Morgan fingerprint density at radius 2 is 1.60 bits per heavy atom. The molecule has 5 aliphatic rings. The second-order valence-corrected chi connectivity index (χ2v) is 8.56. The van der Waals surface area contributed by atoms with Crippen LogP contribution in [0.15, 0.2) is 0 Å². The Balaban J connectivity index is 1.41. The van der Waals surface area contributed by atoms with Crippen molar-refractivity contribution in [1.82, 2.24) is 4.90 Å². The Bertz CT molecular complexity index is 389. The van der Waals surface area contributed by atoms with E-state index in [-0.39, 0.29) is 5.54 Å². The molecule has 4 aliphatic carbocycles. The molecule has 0 unspecified atom stereocenters. The first-order valence-corrected chi connectivity index (χ1v) is 8.56. The molecule has 1 saturated heterocycles. The molecule has 20 heavy (non-hydrogen) atoms. The number of hydrogen-bond acceptors (Lipinski definition) is 2. The van der Waals surface area contributed by atoms with Crippen LogP contribution >= 0.6 is 0 Å². The van der Waals surface area contributed by atoms with Gasteiger partial charge in [-0.25, -0.2) is 0 Å². The van der Waals surface area contributed by atoms with Crippen molar-refractivity contribution in [3.63, 3.8) is 0 Å². The fourth-order valence-electron chi connectivity index (χ4n) is 6.05. The SMILES string of the molecule is CCC1(N)CN(C(=O)CC23CC4CC(CC(C4)C2)C3)C1. The molecule has 0 aromatic heterocycles. The highest BCUT2D eigenvalue weighted by atomic mass is 16.2. The number of nitrogens with two attached hydrogens (primary N) is 1. The van der Waals surface area contributed by atoms with E-state index in [1.165, 1.54) is 38.5 Å². The van der Waals surface area contributed by atoms with Crippen LogP contribution in [-0.4, -0.2) is 29.4 Å². The van der Waals surface area contributed by atoms with Crippen LogP contribution in [0.25, 0.3) is 0 Å². The summed E-state index contributed by atoms with van der Waals surface area (Å²) in [7, 11) is 0. The first kappa shape index (κ1) is 13.1. The maximum Gasteiger partial charge on any atom is 0.223 e. The second kappa shape index (κ2) is 4.22. The fourth-order valence-corrected chi connectivity index (χ4v) is 6.05. The number of hydrogen-bond donors (Lipinski definition) is 1. The molecule has 1 amide bonds. The molecule has 0 atom stereocenters. The zero-order chi connectivity index (χ0) is 14.0. The van der Waals surface area contributed by atoms with Crippen molar-refractivity contribution in [2.45, 2.75) is 63.8 Å². The lowest BCUT2D eigenvalue weighted by atomic mass is 9.49. The minimum absolute atomic E-state index is 0.0862. The van der Waals surface area contributed by atoms with Gasteiger partial charge in [-0.05, 0) is 68.1 Å². The van der Waals surface area contributed by atoms with E-state index in [2.05, 4.69) is 6.92 Å². The van der Waals surface area contributed by atoms with Crippen LogP contribution < -0.4 is 5.73 Å². The summed E-state index contributed by atoms with van der Waals surface area (Å²) in [6.07, 6.45) is 10.2. The summed E-state index contributed by atoms with van der Waals surface area (Å²) >= 11 is 0. The molecule has 4 saturated carbocycles. The normalized spacial score (nSPS) is 44.5. The number of amides is 1. The summed E-state index contributed by atoms with van der Waals surface area (Å²) < 4.78 is 0. The zero-order valence-electron chi connectivity index (χ0n) is 12.7. The van der Waals surface area contributed by atoms with E-state index in [1.807, 2.05) is 4.90 Å². The molecule has 4 bridgehead atoms. The standard InChI is InChI=1S/C17H28N2O/c1-2-17(18)10-19(11-17)15(20)9-16-6-12-3-13(7-16)5-14(4-12)8-16/h12-14H,2-11,18H2,1H3. The van der Waals surface area contributed by atoms with Crippen molar-refractivity contribution in [3.05, 3.63) is 0 Å². The summed E-state index contributed by atoms with van der Waals surface area (Å²) in [5.41, 5.74) is 6.49. The van der Waals surface area contributed by atoms with Crippen LogP contribution in [0.3, 0.4) is 0 Å². The Morgan fingerprint density at radius 1 is 1.10 bits per heavy atom. The average Bonchev–Trinajstić information content (AvgIpc) is 2.32. The lowest BCUT2D eigenvalue weighted by molar-refractivity contribution is -0.146. The van der Waals surface area contributed by atoms with Crippen molar-refractivity contribution in [2.75, 3.05) is 13.1 Å². The predicted octanol–water partition coefficient (Wildman–Crippen LogP) is 2.54.